The normalized spacial score (nSPS) is 10.8. The Morgan fingerprint density at radius 1 is 1.38 bits per heavy atom. The van der Waals surface area contributed by atoms with E-state index >= 15 is 0 Å². The van der Waals surface area contributed by atoms with E-state index in [1.807, 2.05) is 18.2 Å². The number of ether oxygens (including phenoxy) is 1. The molecule has 0 heterocycles. The predicted octanol–water partition coefficient (Wildman–Crippen LogP) is 2.63. The molecule has 0 saturated heterocycles. The van der Waals surface area contributed by atoms with E-state index in [0.29, 0.717) is 6.61 Å². The van der Waals surface area contributed by atoms with Crippen LogP contribution in [0.1, 0.15) is 19.8 Å². The van der Waals surface area contributed by atoms with Crippen molar-refractivity contribution in [2.45, 2.75) is 19.8 Å². The molecule has 2 heteroatoms. The Bertz CT molecular complexity index is 202. The monoisotopic (exact) mass is 180 g/mol. The molecule has 0 rings (SSSR count). The minimum Gasteiger partial charge on any atom is -0.463 e. The Kier molecular flexibility index (Phi) is 7.90. The molecule has 0 amide bonds. The lowest BCUT2D eigenvalue weighted by Crippen LogP contribution is -1.98. The van der Waals surface area contributed by atoms with Gasteiger partial charge in [0.15, 0.2) is 0 Å². The largest absolute Gasteiger partial charge is 0.463 e. The molecule has 72 valence electrons. The molecule has 0 aliphatic heterocycles. The van der Waals surface area contributed by atoms with Crippen LogP contribution in [0.4, 0.5) is 0 Å². The molecule has 0 aliphatic carbocycles. The summed E-state index contributed by atoms with van der Waals surface area (Å²) in [6.07, 6.45) is 10.7. The van der Waals surface area contributed by atoms with Crippen LogP contribution < -0.4 is 0 Å². The highest BCUT2D eigenvalue weighted by Gasteiger charge is 1.89. The van der Waals surface area contributed by atoms with Crippen molar-refractivity contribution in [3.05, 3.63) is 37.0 Å². The number of carbonyl (C=O) groups is 1. The summed E-state index contributed by atoms with van der Waals surface area (Å²) in [5, 5.41) is 0. The maximum Gasteiger partial charge on any atom is 0.330 e. The van der Waals surface area contributed by atoms with Gasteiger partial charge in [0, 0.05) is 6.08 Å². The van der Waals surface area contributed by atoms with Crippen LogP contribution in [-0.2, 0) is 9.53 Å². The van der Waals surface area contributed by atoms with Gasteiger partial charge in [0.2, 0.25) is 0 Å². The summed E-state index contributed by atoms with van der Waals surface area (Å²) >= 11 is 0. The van der Waals surface area contributed by atoms with Crippen molar-refractivity contribution in [2.24, 2.45) is 0 Å². The van der Waals surface area contributed by atoms with Crippen molar-refractivity contribution >= 4 is 5.97 Å². The first kappa shape index (κ1) is 11.7. The zero-order valence-corrected chi connectivity index (χ0v) is 8.03. The number of unbranched alkanes of at least 4 members (excludes halogenated alkanes) is 1. The van der Waals surface area contributed by atoms with E-state index in [2.05, 4.69) is 6.58 Å². The summed E-state index contributed by atoms with van der Waals surface area (Å²) < 4.78 is 4.69. The van der Waals surface area contributed by atoms with Crippen LogP contribution in [0, 0.1) is 0 Å². The maximum absolute atomic E-state index is 10.8. The SMILES string of the molecule is C=CCC/C=C/C=C/C(=O)OCC. The summed E-state index contributed by atoms with van der Waals surface area (Å²) in [5.74, 6) is -0.295. The molecule has 0 aromatic carbocycles. The van der Waals surface area contributed by atoms with Gasteiger partial charge in [0.05, 0.1) is 6.61 Å². The molecule has 2 nitrogen and oxygen atoms in total. The standard InChI is InChI=1S/C11H16O2/c1-3-5-6-7-8-9-10-11(12)13-4-2/h3,7-10H,1,4-6H2,2H3/b8-7+,10-9+. The number of hydrogen-bond acceptors (Lipinski definition) is 2. The van der Waals surface area contributed by atoms with Gasteiger partial charge < -0.3 is 4.74 Å². The molecule has 0 saturated carbocycles. The van der Waals surface area contributed by atoms with Gasteiger partial charge in [-0.2, -0.15) is 0 Å². The third-order valence-corrected chi connectivity index (χ3v) is 1.30. The molecule has 0 spiro atoms. The van der Waals surface area contributed by atoms with Crippen LogP contribution in [0.2, 0.25) is 0 Å². The molecule has 13 heavy (non-hydrogen) atoms. The van der Waals surface area contributed by atoms with Crippen molar-refractivity contribution in [3.8, 4) is 0 Å². The lowest BCUT2D eigenvalue weighted by atomic mass is 10.3. The third-order valence-electron chi connectivity index (χ3n) is 1.30. The average Bonchev–Trinajstić information content (AvgIpc) is 2.11. The summed E-state index contributed by atoms with van der Waals surface area (Å²) in [4.78, 5) is 10.8. The highest BCUT2D eigenvalue weighted by Crippen LogP contribution is 1.91. The van der Waals surface area contributed by atoms with E-state index in [1.165, 1.54) is 6.08 Å². The molecule has 0 atom stereocenters. The highest BCUT2D eigenvalue weighted by atomic mass is 16.5. The Labute approximate surface area is 79.6 Å². The van der Waals surface area contributed by atoms with E-state index in [-0.39, 0.29) is 5.97 Å². The van der Waals surface area contributed by atoms with Gasteiger partial charge in [-0.3, -0.25) is 0 Å². The minimum absolute atomic E-state index is 0.295. The van der Waals surface area contributed by atoms with E-state index in [9.17, 15) is 4.79 Å². The van der Waals surface area contributed by atoms with E-state index < -0.39 is 0 Å². The van der Waals surface area contributed by atoms with Crippen molar-refractivity contribution in [1.82, 2.24) is 0 Å². The molecular weight excluding hydrogens is 164 g/mol. The van der Waals surface area contributed by atoms with Crippen LogP contribution in [-0.4, -0.2) is 12.6 Å². The van der Waals surface area contributed by atoms with Gasteiger partial charge in [-0.25, -0.2) is 4.79 Å². The smallest absolute Gasteiger partial charge is 0.330 e. The Morgan fingerprint density at radius 3 is 2.77 bits per heavy atom. The van der Waals surface area contributed by atoms with Crippen LogP contribution in [0.3, 0.4) is 0 Å². The van der Waals surface area contributed by atoms with Crippen molar-refractivity contribution in [3.63, 3.8) is 0 Å². The molecule has 0 aromatic heterocycles. The fraction of sp³-hybridized carbons (Fsp3) is 0.364. The van der Waals surface area contributed by atoms with Crippen LogP contribution in [0.15, 0.2) is 37.0 Å². The van der Waals surface area contributed by atoms with Crippen LogP contribution in [0.25, 0.3) is 0 Å². The zero-order chi connectivity index (χ0) is 9.94. The maximum atomic E-state index is 10.8. The average molecular weight is 180 g/mol. The quantitative estimate of drug-likeness (QED) is 0.206. The van der Waals surface area contributed by atoms with Gasteiger partial charge in [0.25, 0.3) is 0 Å². The summed E-state index contributed by atoms with van der Waals surface area (Å²) in [5.41, 5.74) is 0. The molecule has 0 unspecified atom stereocenters. The molecule has 0 N–H and O–H groups in total. The van der Waals surface area contributed by atoms with Crippen molar-refractivity contribution in [2.75, 3.05) is 6.61 Å². The van der Waals surface area contributed by atoms with Gasteiger partial charge in [0.1, 0.15) is 0 Å². The Balaban J connectivity index is 3.54. The summed E-state index contributed by atoms with van der Waals surface area (Å²) in [6, 6.07) is 0. The van der Waals surface area contributed by atoms with E-state index in [1.54, 1.807) is 13.0 Å². The molecule has 0 radical (unpaired) electrons. The fourth-order valence-corrected chi connectivity index (χ4v) is 0.713. The molecule has 0 aliphatic rings. The molecule has 0 bridgehead atoms. The second kappa shape index (κ2) is 8.78. The predicted molar refractivity (Wildman–Crippen MR) is 54.3 cm³/mol. The highest BCUT2D eigenvalue weighted by molar-refractivity contribution is 5.82. The minimum atomic E-state index is -0.295. The third kappa shape index (κ3) is 8.60. The lowest BCUT2D eigenvalue weighted by molar-refractivity contribution is -0.137. The number of rotatable bonds is 6. The van der Waals surface area contributed by atoms with E-state index in [0.717, 1.165) is 12.8 Å². The number of hydrogen-bond donors (Lipinski definition) is 0. The first-order valence-corrected chi connectivity index (χ1v) is 4.42. The summed E-state index contributed by atoms with van der Waals surface area (Å²) in [7, 11) is 0. The molecule has 0 fully saturated rings. The second-order valence-corrected chi connectivity index (χ2v) is 2.41. The second-order valence-electron chi connectivity index (χ2n) is 2.41. The first-order valence-electron chi connectivity index (χ1n) is 4.42. The van der Waals surface area contributed by atoms with Gasteiger partial charge in [-0.15, -0.1) is 6.58 Å². The topological polar surface area (TPSA) is 26.3 Å². The van der Waals surface area contributed by atoms with Crippen LogP contribution in [0.5, 0.6) is 0 Å². The van der Waals surface area contributed by atoms with Crippen molar-refractivity contribution < 1.29 is 9.53 Å². The van der Waals surface area contributed by atoms with Crippen molar-refractivity contribution in [1.29, 1.82) is 0 Å². The lowest BCUT2D eigenvalue weighted by Gasteiger charge is -1.92. The first-order chi connectivity index (χ1) is 6.31. The van der Waals surface area contributed by atoms with Gasteiger partial charge in [-0.1, -0.05) is 24.3 Å². The summed E-state index contributed by atoms with van der Waals surface area (Å²) in [6.45, 7) is 5.81. The molecule has 0 aromatic rings. The molecular formula is C11H16O2. The van der Waals surface area contributed by atoms with Gasteiger partial charge in [-0.05, 0) is 19.8 Å². The van der Waals surface area contributed by atoms with E-state index in [4.69, 9.17) is 4.74 Å². The Morgan fingerprint density at radius 2 is 2.15 bits per heavy atom. The zero-order valence-electron chi connectivity index (χ0n) is 8.03. The Hall–Kier alpha value is -1.31. The van der Waals surface area contributed by atoms with Gasteiger partial charge >= 0.3 is 5.97 Å². The fourth-order valence-electron chi connectivity index (χ4n) is 0.713. The van der Waals surface area contributed by atoms with Crippen LogP contribution >= 0.6 is 0 Å². The number of esters is 1. The number of carbonyl (C=O) groups excluding carboxylic acids is 1. The number of allylic oxidation sites excluding steroid dienone is 4.